The highest BCUT2D eigenvalue weighted by molar-refractivity contribution is 4.48. The molecule has 0 aliphatic carbocycles. The summed E-state index contributed by atoms with van der Waals surface area (Å²) in [5.41, 5.74) is 0. The van der Waals surface area contributed by atoms with E-state index in [1.165, 1.54) is 38.5 Å². The second-order valence-electron chi connectivity index (χ2n) is 5.57. The molecule has 1 N–H and O–H groups in total. The van der Waals surface area contributed by atoms with Gasteiger partial charge >= 0.3 is 0 Å². The fraction of sp³-hybridized carbons (Fsp3) is 1.00. The highest BCUT2D eigenvalue weighted by Gasteiger charge is 1.95. The van der Waals surface area contributed by atoms with Gasteiger partial charge in [0.2, 0.25) is 0 Å². The summed E-state index contributed by atoms with van der Waals surface area (Å²) in [6.45, 7) is 11.9. The lowest BCUT2D eigenvalue weighted by Gasteiger charge is -2.07. The molecule has 0 atom stereocenters. The van der Waals surface area contributed by atoms with Crippen LogP contribution in [0.2, 0.25) is 0 Å². The summed E-state index contributed by atoms with van der Waals surface area (Å²) >= 11 is 0. The van der Waals surface area contributed by atoms with E-state index in [0.29, 0.717) is 0 Å². The van der Waals surface area contributed by atoms with Gasteiger partial charge in [0.05, 0.1) is 19.8 Å². The Morgan fingerprint density at radius 1 is 0.842 bits per heavy atom. The maximum atomic E-state index is 5.54. The number of unbranched alkanes of at least 4 members (excludes halogenated alkanes) is 3. The fourth-order valence-corrected chi connectivity index (χ4v) is 1.88. The van der Waals surface area contributed by atoms with E-state index in [-0.39, 0.29) is 1.43 Å². The van der Waals surface area contributed by atoms with Gasteiger partial charge in [0.15, 0.2) is 0 Å². The van der Waals surface area contributed by atoms with Gasteiger partial charge in [0.25, 0.3) is 0 Å². The number of hydrogen-bond acceptors (Lipinski definition) is 3. The van der Waals surface area contributed by atoms with E-state index in [1.54, 1.807) is 0 Å². The van der Waals surface area contributed by atoms with Crippen LogP contribution in [0, 0.1) is 5.92 Å². The summed E-state index contributed by atoms with van der Waals surface area (Å²) in [6, 6.07) is 0. The lowest BCUT2D eigenvalue weighted by molar-refractivity contribution is 0.0474. The molecule has 0 fully saturated rings. The Morgan fingerprint density at radius 2 is 1.53 bits per heavy atom. The summed E-state index contributed by atoms with van der Waals surface area (Å²) in [5.74, 6) is 0.847. The van der Waals surface area contributed by atoms with E-state index < -0.39 is 0 Å². The third-order valence-corrected chi connectivity index (χ3v) is 3.04. The van der Waals surface area contributed by atoms with Crippen molar-refractivity contribution in [1.82, 2.24) is 5.32 Å². The van der Waals surface area contributed by atoms with Crippen molar-refractivity contribution in [2.45, 2.75) is 59.3 Å². The van der Waals surface area contributed by atoms with Crippen molar-refractivity contribution in [1.29, 1.82) is 0 Å². The zero-order chi connectivity index (χ0) is 14.2. The molecule has 0 unspecified atom stereocenters. The summed E-state index contributed by atoms with van der Waals surface area (Å²) in [6.07, 6.45) is 7.75. The van der Waals surface area contributed by atoms with Gasteiger partial charge in [-0.15, -0.1) is 0 Å². The van der Waals surface area contributed by atoms with Gasteiger partial charge in [0, 0.05) is 14.6 Å². The maximum absolute atomic E-state index is 5.54. The summed E-state index contributed by atoms with van der Waals surface area (Å²) in [4.78, 5) is 0. The largest absolute Gasteiger partial charge is 0.379 e. The molecule has 0 bridgehead atoms. The molecule has 3 heteroatoms. The van der Waals surface area contributed by atoms with E-state index in [4.69, 9.17) is 9.47 Å². The highest BCUT2D eigenvalue weighted by Crippen LogP contribution is 2.09. The molecule has 0 amide bonds. The van der Waals surface area contributed by atoms with Crippen molar-refractivity contribution in [3.8, 4) is 0 Å². The standard InChI is InChI=1S/C16H35NO2.H2/c1-4-10-17-11-13-19-15-14-18-12-8-6-5-7-9-16(2)3;/h16-17H,4-15H2,1-3H3;1H. The number of hydrogen-bond donors (Lipinski definition) is 1. The number of ether oxygens (including phenoxy) is 2. The molecular weight excluding hydrogens is 238 g/mol. The van der Waals surface area contributed by atoms with Crippen molar-refractivity contribution in [3.05, 3.63) is 0 Å². The fourth-order valence-electron chi connectivity index (χ4n) is 1.88. The van der Waals surface area contributed by atoms with Crippen molar-refractivity contribution in [3.63, 3.8) is 0 Å². The van der Waals surface area contributed by atoms with Gasteiger partial charge in [-0.3, -0.25) is 0 Å². The van der Waals surface area contributed by atoms with Crippen LogP contribution < -0.4 is 5.32 Å². The smallest absolute Gasteiger partial charge is 0.0701 e. The minimum Gasteiger partial charge on any atom is -0.379 e. The predicted octanol–water partition coefficient (Wildman–Crippen LogP) is 3.87. The first kappa shape index (κ1) is 18.9. The topological polar surface area (TPSA) is 30.5 Å². The Labute approximate surface area is 121 Å². The van der Waals surface area contributed by atoms with Crippen molar-refractivity contribution >= 4 is 0 Å². The van der Waals surface area contributed by atoms with Gasteiger partial charge in [-0.25, -0.2) is 0 Å². The zero-order valence-corrected chi connectivity index (χ0v) is 13.4. The average Bonchev–Trinajstić information content (AvgIpc) is 2.39. The molecule has 0 rings (SSSR count). The Morgan fingerprint density at radius 3 is 2.21 bits per heavy atom. The van der Waals surface area contributed by atoms with Crippen LogP contribution in [0.1, 0.15) is 60.7 Å². The molecule has 118 valence electrons. The van der Waals surface area contributed by atoms with Crippen LogP contribution in [-0.4, -0.2) is 39.5 Å². The summed E-state index contributed by atoms with van der Waals surface area (Å²) in [5, 5.41) is 3.31. The molecule has 0 saturated carbocycles. The molecule has 0 aliphatic rings. The van der Waals surface area contributed by atoms with Crippen LogP contribution >= 0.6 is 0 Å². The van der Waals surface area contributed by atoms with Crippen LogP contribution in [0.15, 0.2) is 0 Å². The minimum absolute atomic E-state index is 0. The van der Waals surface area contributed by atoms with E-state index in [9.17, 15) is 0 Å². The number of nitrogens with one attached hydrogen (secondary N) is 1. The SMILES string of the molecule is CCCNCCOCCOCCCCCCC(C)C.[HH]. The van der Waals surface area contributed by atoms with Crippen molar-refractivity contribution in [2.75, 3.05) is 39.5 Å². The maximum Gasteiger partial charge on any atom is 0.0701 e. The van der Waals surface area contributed by atoms with Crippen LogP contribution in [0.5, 0.6) is 0 Å². The first-order valence-electron chi connectivity index (χ1n) is 8.13. The van der Waals surface area contributed by atoms with Crippen LogP contribution in [0.3, 0.4) is 0 Å². The summed E-state index contributed by atoms with van der Waals surface area (Å²) in [7, 11) is 0. The minimum atomic E-state index is 0. The molecule has 0 radical (unpaired) electrons. The Hall–Kier alpha value is -0.120. The molecule has 3 nitrogen and oxygen atoms in total. The normalized spacial score (nSPS) is 11.4. The Balaban J connectivity index is 0. The lowest BCUT2D eigenvalue weighted by Crippen LogP contribution is -2.21. The van der Waals surface area contributed by atoms with Gasteiger partial charge in [-0.1, -0.05) is 46.5 Å². The van der Waals surface area contributed by atoms with Crippen molar-refractivity contribution < 1.29 is 10.9 Å². The Kier molecular flexibility index (Phi) is 15.8. The molecular formula is C16H37NO2. The van der Waals surface area contributed by atoms with Gasteiger partial charge in [0.1, 0.15) is 0 Å². The van der Waals surface area contributed by atoms with Crippen LogP contribution in [-0.2, 0) is 9.47 Å². The van der Waals surface area contributed by atoms with E-state index >= 15 is 0 Å². The second kappa shape index (κ2) is 15.9. The van der Waals surface area contributed by atoms with E-state index in [1.807, 2.05) is 0 Å². The first-order chi connectivity index (χ1) is 9.27. The number of rotatable bonds is 15. The molecule has 0 aromatic carbocycles. The van der Waals surface area contributed by atoms with Gasteiger partial charge in [-0.05, 0) is 25.3 Å². The second-order valence-corrected chi connectivity index (χ2v) is 5.57. The summed E-state index contributed by atoms with van der Waals surface area (Å²) < 4.78 is 11.0. The molecule has 0 saturated heterocycles. The van der Waals surface area contributed by atoms with Crippen LogP contribution in [0.4, 0.5) is 0 Å². The average molecular weight is 275 g/mol. The predicted molar refractivity (Wildman–Crippen MR) is 84.8 cm³/mol. The molecule has 19 heavy (non-hydrogen) atoms. The highest BCUT2D eigenvalue weighted by atomic mass is 16.5. The molecule has 0 spiro atoms. The molecule has 0 aliphatic heterocycles. The zero-order valence-electron chi connectivity index (χ0n) is 13.4. The van der Waals surface area contributed by atoms with Crippen molar-refractivity contribution in [2.24, 2.45) is 5.92 Å². The van der Waals surface area contributed by atoms with E-state index in [2.05, 4.69) is 26.1 Å². The molecule has 0 aromatic heterocycles. The molecule has 0 aromatic rings. The van der Waals surface area contributed by atoms with E-state index in [0.717, 1.165) is 45.4 Å². The first-order valence-corrected chi connectivity index (χ1v) is 8.13. The third kappa shape index (κ3) is 17.9. The van der Waals surface area contributed by atoms with Crippen LogP contribution in [0.25, 0.3) is 0 Å². The third-order valence-electron chi connectivity index (χ3n) is 3.04. The molecule has 0 heterocycles. The quantitative estimate of drug-likeness (QED) is 0.460. The Bertz CT molecular complexity index is 169. The van der Waals surface area contributed by atoms with Gasteiger partial charge in [-0.2, -0.15) is 0 Å². The van der Waals surface area contributed by atoms with Gasteiger partial charge < -0.3 is 14.8 Å². The monoisotopic (exact) mass is 275 g/mol. The lowest BCUT2D eigenvalue weighted by atomic mass is 10.0.